The van der Waals surface area contributed by atoms with Crippen LogP contribution in [-0.2, 0) is 0 Å². The number of phenols is 1. The van der Waals surface area contributed by atoms with E-state index in [2.05, 4.69) is 19.2 Å². The van der Waals surface area contributed by atoms with Crippen molar-refractivity contribution < 1.29 is 9.84 Å². The van der Waals surface area contributed by atoms with E-state index in [4.69, 9.17) is 4.74 Å². The zero-order valence-electron chi connectivity index (χ0n) is 12.8. The molecule has 3 nitrogen and oxygen atoms in total. The van der Waals surface area contributed by atoms with Gasteiger partial charge in [-0.2, -0.15) is 0 Å². The van der Waals surface area contributed by atoms with Crippen molar-refractivity contribution in [3.63, 3.8) is 0 Å². The fraction of sp³-hybridized carbons (Fsp3) is 0.333. The lowest BCUT2D eigenvalue weighted by Crippen LogP contribution is -2.10. The SMILES string of the molecule is CC(C)COc1ccccc1NC(C)c1ccccc1O. The number of para-hydroxylation sites is 3. The summed E-state index contributed by atoms with van der Waals surface area (Å²) >= 11 is 0. The number of nitrogens with one attached hydrogen (secondary N) is 1. The van der Waals surface area contributed by atoms with E-state index in [1.807, 2.05) is 49.4 Å². The van der Waals surface area contributed by atoms with E-state index in [9.17, 15) is 5.11 Å². The first-order chi connectivity index (χ1) is 10.1. The Hall–Kier alpha value is -2.16. The molecule has 0 aliphatic heterocycles. The van der Waals surface area contributed by atoms with Crippen LogP contribution in [0.1, 0.15) is 32.4 Å². The maximum Gasteiger partial charge on any atom is 0.142 e. The van der Waals surface area contributed by atoms with Crippen molar-refractivity contribution in [2.75, 3.05) is 11.9 Å². The Morgan fingerprint density at radius 3 is 2.38 bits per heavy atom. The van der Waals surface area contributed by atoms with Crippen molar-refractivity contribution in [2.45, 2.75) is 26.8 Å². The van der Waals surface area contributed by atoms with Crippen LogP contribution in [0.5, 0.6) is 11.5 Å². The van der Waals surface area contributed by atoms with E-state index < -0.39 is 0 Å². The number of hydrogen-bond donors (Lipinski definition) is 2. The fourth-order valence-electron chi connectivity index (χ4n) is 2.13. The van der Waals surface area contributed by atoms with E-state index in [0.29, 0.717) is 18.3 Å². The highest BCUT2D eigenvalue weighted by Gasteiger charge is 2.12. The van der Waals surface area contributed by atoms with Gasteiger partial charge in [-0.3, -0.25) is 0 Å². The molecular weight excluding hydrogens is 262 g/mol. The monoisotopic (exact) mass is 285 g/mol. The van der Waals surface area contributed by atoms with Crippen LogP contribution in [0.2, 0.25) is 0 Å². The number of rotatable bonds is 6. The maximum absolute atomic E-state index is 9.93. The second kappa shape index (κ2) is 7.02. The molecule has 21 heavy (non-hydrogen) atoms. The smallest absolute Gasteiger partial charge is 0.142 e. The molecule has 3 heteroatoms. The van der Waals surface area contributed by atoms with E-state index in [0.717, 1.165) is 17.0 Å². The molecule has 2 aromatic rings. The highest BCUT2D eigenvalue weighted by atomic mass is 16.5. The second-order valence-electron chi connectivity index (χ2n) is 5.63. The molecule has 112 valence electrons. The number of ether oxygens (including phenoxy) is 1. The van der Waals surface area contributed by atoms with Gasteiger partial charge in [-0.1, -0.05) is 44.2 Å². The second-order valence-corrected chi connectivity index (χ2v) is 5.63. The van der Waals surface area contributed by atoms with Crippen LogP contribution in [-0.4, -0.2) is 11.7 Å². The quantitative estimate of drug-likeness (QED) is 0.815. The van der Waals surface area contributed by atoms with Gasteiger partial charge < -0.3 is 15.2 Å². The molecule has 1 unspecified atom stereocenters. The third-order valence-corrected chi connectivity index (χ3v) is 3.23. The van der Waals surface area contributed by atoms with E-state index >= 15 is 0 Å². The Bertz CT molecular complexity index is 581. The Morgan fingerprint density at radius 1 is 1.00 bits per heavy atom. The number of aromatic hydroxyl groups is 1. The van der Waals surface area contributed by atoms with Gasteiger partial charge in [0.1, 0.15) is 11.5 Å². The van der Waals surface area contributed by atoms with Gasteiger partial charge in [-0.15, -0.1) is 0 Å². The highest BCUT2D eigenvalue weighted by Crippen LogP contribution is 2.31. The Morgan fingerprint density at radius 2 is 1.67 bits per heavy atom. The molecule has 0 aromatic heterocycles. The normalized spacial score (nSPS) is 12.2. The molecule has 1 atom stereocenters. The average molecular weight is 285 g/mol. The van der Waals surface area contributed by atoms with Crippen molar-refractivity contribution in [3.05, 3.63) is 54.1 Å². The molecule has 2 N–H and O–H groups in total. The standard InChI is InChI=1S/C18H23NO2/c1-13(2)12-21-18-11-7-5-9-16(18)19-14(3)15-8-4-6-10-17(15)20/h4-11,13-14,19-20H,12H2,1-3H3. The molecule has 0 saturated heterocycles. The summed E-state index contributed by atoms with van der Waals surface area (Å²) in [6.45, 7) is 6.96. The van der Waals surface area contributed by atoms with Gasteiger partial charge >= 0.3 is 0 Å². The van der Waals surface area contributed by atoms with Gasteiger partial charge in [-0.05, 0) is 31.0 Å². The molecule has 0 heterocycles. The zero-order chi connectivity index (χ0) is 15.2. The summed E-state index contributed by atoms with van der Waals surface area (Å²) in [4.78, 5) is 0. The average Bonchev–Trinajstić information content (AvgIpc) is 2.46. The third-order valence-electron chi connectivity index (χ3n) is 3.23. The summed E-state index contributed by atoms with van der Waals surface area (Å²) in [5.41, 5.74) is 1.81. The molecule has 0 amide bonds. The summed E-state index contributed by atoms with van der Waals surface area (Å²) in [7, 11) is 0. The van der Waals surface area contributed by atoms with Crippen LogP contribution in [0.15, 0.2) is 48.5 Å². The Kier molecular flexibility index (Phi) is 5.09. The van der Waals surface area contributed by atoms with Crippen LogP contribution >= 0.6 is 0 Å². The molecule has 0 bridgehead atoms. The van der Waals surface area contributed by atoms with Crippen molar-refractivity contribution in [1.82, 2.24) is 0 Å². The van der Waals surface area contributed by atoms with Gasteiger partial charge in [0.2, 0.25) is 0 Å². The van der Waals surface area contributed by atoms with Gasteiger partial charge in [0, 0.05) is 5.56 Å². The van der Waals surface area contributed by atoms with Gasteiger partial charge in [0.15, 0.2) is 0 Å². The lowest BCUT2D eigenvalue weighted by Gasteiger charge is -2.20. The van der Waals surface area contributed by atoms with E-state index in [1.54, 1.807) is 6.07 Å². The molecule has 0 saturated carbocycles. The predicted octanol–water partition coefficient (Wildman–Crippen LogP) is 4.60. The number of anilines is 1. The zero-order valence-corrected chi connectivity index (χ0v) is 12.8. The first-order valence-corrected chi connectivity index (χ1v) is 7.34. The molecule has 0 fully saturated rings. The van der Waals surface area contributed by atoms with Gasteiger partial charge in [-0.25, -0.2) is 0 Å². The molecular formula is C18H23NO2. The molecule has 2 aromatic carbocycles. The topological polar surface area (TPSA) is 41.5 Å². The van der Waals surface area contributed by atoms with Crippen molar-refractivity contribution in [1.29, 1.82) is 0 Å². The lowest BCUT2D eigenvalue weighted by molar-refractivity contribution is 0.272. The van der Waals surface area contributed by atoms with Crippen molar-refractivity contribution >= 4 is 5.69 Å². The minimum atomic E-state index is -0.00463. The largest absolute Gasteiger partial charge is 0.508 e. The van der Waals surface area contributed by atoms with Crippen molar-refractivity contribution in [3.8, 4) is 11.5 Å². The minimum absolute atomic E-state index is 0.00463. The summed E-state index contributed by atoms with van der Waals surface area (Å²) in [6, 6.07) is 15.3. The lowest BCUT2D eigenvalue weighted by atomic mass is 10.1. The van der Waals surface area contributed by atoms with Crippen LogP contribution in [0.4, 0.5) is 5.69 Å². The molecule has 0 radical (unpaired) electrons. The Balaban J connectivity index is 2.14. The maximum atomic E-state index is 9.93. The minimum Gasteiger partial charge on any atom is -0.508 e. The Labute approximate surface area is 126 Å². The highest BCUT2D eigenvalue weighted by molar-refractivity contribution is 5.57. The first-order valence-electron chi connectivity index (χ1n) is 7.34. The first kappa shape index (κ1) is 15.2. The van der Waals surface area contributed by atoms with Crippen LogP contribution < -0.4 is 10.1 Å². The third kappa shape index (κ3) is 4.15. The molecule has 2 rings (SSSR count). The summed E-state index contributed by atoms with van der Waals surface area (Å²) in [5, 5.41) is 13.3. The van der Waals surface area contributed by atoms with Crippen LogP contribution in [0.3, 0.4) is 0 Å². The summed E-state index contributed by atoms with van der Waals surface area (Å²) < 4.78 is 5.84. The number of phenolic OH excluding ortho intramolecular Hbond substituents is 1. The number of hydrogen-bond acceptors (Lipinski definition) is 3. The summed E-state index contributed by atoms with van der Waals surface area (Å²) in [6.07, 6.45) is 0. The van der Waals surface area contributed by atoms with Crippen molar-refractivity contribution in [2.24, 2.45) is 5.92 Å². The van der Waals surface area contributed by atoms with Crippen LogP contribution in [0, 0.1) is 5.92 Å². The molecule has 0 spiro atoms. The molecule has 0 aliphatic rings. The summed E-state index contributed by atoms with van der Waals surface area (Å²) in [5.74, 6) is 1.63. The van der Waals surface area contributed by atoms with Crippen LogP contribution in [0.25, 0.3) is 0 Å². The fourth-order valence-corrected chi connectivity index (χ4v) is 2.13. The predicted molar refractivity (Wildman–Crippen MR) is 86.9 cm³/mol. The van der Waals surface area contributed by atoms with E-state index in [1.165, 1.54) is 0 Å². The number of benzene rings is 2. The van der Waals surface area contributed by atoms with E-state index in [-0.39, 0.29) is 6.04 Å². The van der Waals surface area contributed by atoms with Gasteiger partial charge in [0.25, 0.3) is 0 Å². The molecule has 0 aliphatic carbocycles. The van der Waals surface area contributed by atoms with Gasteiger partial charge in [0.05, 0.1) is 18.3 Å².